The zero-order valence-corrected chi connectivity index (χ0v) is 72.4. The second kappa shape index (κ2) is 36.2. The fourth-order valence-electron chi connectivity index (χ4n) is 14.0. The lowest BCUT2D eigenvalue weighted by atomic mass is 9.82. The van der Waals surface area contributed by atoms with E-state index in [9.17, 15) is 60.9 Å². The van der Waals surface area contributed by atoms with Crippen molar-refractivity contribution in [1.82, 2.24) is 59.1 Å². The van der Waals surface area contributed by atoms with Crippen molar-refractivity contribution in [3.63, 3.8) is 0 Å². The first-order chi connectivity index (χ1) is 58.8. The maximum absolute atomic E-state index is 13.4. The molecule has 0 unspecified atom stereocenters. The van der Waals surface area contributed by atoms with Gasteiger partial charge in [-0.3, -0.25) is 19.9 Å². The Morgan fingerprint density at radius 2 is 0.726 bits per heavy atom. The van der Waals surface area contributed by atoms with Crippen molar-refractivity contribution in [2.45, 2.75) is 148 Å². The van der Waals surface area contributed by atoms with E-state index in [1.54, 1.807) is 138 Å². The minimum absolute atomic E-state index is 0.0143. The zero-order chi connectivity index (χ0) is 88.8. The molecule has 31 heteroatoms. The van der Waals surface area contributed by atoms with Crippen molar-refractivity contribution in [3.8, 4) is 34.6 Å². The van der Waals surface area contributed by atoms with E-state index in [2.05, 4.69) is 86.6 Å². The summed E-state index contributed by atoms with van der Waals surface area (Å²) in [6.07, 6.45) is 0.0536. The average Bonchev–Trinajstić information content (AvgIpc) is 1.58. The van der Waals surface area contributed by atoms with Gasteiger partial charge in [-0.1, -0.05) is 116 Å². The smallest absolute Gasteiger partial charge is 0.406 e. The van der Waals surface area contributed by atoms with Crippen molar-refractivity contribution in [2.75, 3.05) is 0 Å². The molecule has 8 aromatic carbocycles. The fraction of sp³-hybridized carbons (Fsp3) is 0.215. The van der Waals surface area contributed by atoms with Gasteiger partial charge >= 0.3 is 6.36 Å². The van der Waals surface area contributed by atoms with Gasteiger partial charge in [0.2, 0.25) is 0 Å². The molecule has 0 spiro atoms. The number of halogens is 5. The number of rotatable bonds is 21. The van der Waals surface area contributed by atoms with E-state index < -0.39 is 69.3 Å². The van der Waals surface area contributed by atoms with Gasteiger partial charge in [0, 0.05) is 46.3 Å². The number of nitrogens with zero attached hydrogens (tertiary/aromatic N) is 13. The Kier molecular flexibility index (Phi) is 25.9. The Balaban J connectivity index is 0.000000142. The van der Waals surface area contributed by atoms with Crippen LogP contribution in [0.2, 0.25) is 0 Å². The summed E-state index contributed by atoms with van der Waals surface area (Å²) in [6.45, 7) is 20.4. The third-order valence-electron chi connectivity index (χ3n) is 20.8. The van der Waals surface area contributed by atoms with E-state index in [4.69, 9.17) is 0 Å². The predicted molar refractivity (Wildman–Crippen MR) is 467 cm³/mol. The Bertz CT molecular complexity index is 7110. The molecule has 8 aromatic heterocycles. The van der Waals surface area contributed by atoms with Gasteiger partial charge in [0.15, 0.2) is 45.0 Å². The summed E-state index contributed by atoms with van der Waals surface area (Å²) in [6, 6.07) is 70.0. The Morgan fingerprint density at radius 1 is 0.403 bits per heavy atom. The van der Waals surface area contributed by atoms with Gasteiger partial charge in [0.05, 0.1) is 122 Å². The summed E-state index contributed by atoms with van der Waals surface area (Å²) >= 11 is 0. The molecule has 0 bridgehead atoms. The van der Waals surface area contributed by atoms with Crippen molar-refractivity contribution < 1.29 is 60.4 Å². The Hall–Kier alpha value is -13.0. The molecular formula is C93H86F5N13O9S4. The Labute approximate surface area is 715 Å². The van der Waals surface area contributed by atoms with Gasteiger partial charge < -0.3 is 4.74 Å². The van der Waals surface area contributed by atoms with E-state index in [1.165, 1.54) is 15.4 Å². The van der Waals surface area contributed by atoms with Crippen LogP contribution in [0.4, 0.5) is 22.0 Å². The van der Waals surface area contributed by atoms with Crippen LogP contribution in [-0.2, 0) is 73.2 Å². The van der Waals surface area contributed by atoms with Crippen LogP contribution in [0.5, 0.6) is 5.75 Å². The molecule has 124 heavy (non-hydrogen) atoms. The van der Waals surface area contributed by atoms with Crippen molar-refractivity contribution in [1.29, 1.82) is 5.26 Å². The fourth-order valence-corrected chi connectivity index (χ4v) is 19.2. The van der Waals surface area contributed by atoms with Crippen LogP contribution in [0, 0.1) is 25.2 Å². The number of aromatic nitrogens is 12. The first kappa shape index (κ1) is 88.8. The molecule has 0 atom stereocenters. The van der Waals surface area contributed by atoms with Crippen LogP contribution in [0.3, 0.4) is 0 Å². The summed E-state index contributed by atoms with van der Waals surface area (Å²) in [5, 5.41) is 30.0. The predicted octanol–water partition coefficient (Wildman–Crippen LogP) is 20.0. The Morgan fingerprint density at radius 3 is 1.06 bits per heavy atom. The third-order valence-corrected chi connectivity index (χ3v) is 27.4. The second-order valence-electron chi connectivity index (χ2n) is 31.4. The molecule has 0 radical (unpaired) electrons. The van der Waals surface area contributed by atoms with Crippen LogP contribution < -0.4 is 4.74 Å². The highest BCUT2D eigenvalue weighted by atomic mass is 32.2. The standard InChI is InChI=1S/C25H27N3O2S.C24H22N4O2S.C23H21F2N3O2S.C21H16F3N3O3S/c1-5-25(3,4)19-11-13-21(14-12-19)31(29,30)17-20-16-18(2)27-28(20)24-10-6-9-23-22(24)8-7-15-26-23;1-24(2,3)17-9-11-20(12-10-17)31(29,30)16-19-14-18(15-25)27-28(19)23-8-4-7-22-21(23)6-5-13-26-22;1-15(2)16-8-10-18(11-9-16)31(29,30)14-17-13-21(23(24)25)27-28(17)22-7-3-6-20-19(22)5-4-12-26-20;1-14-12-15(27(26-14)20-6-2-5-19-18(20)4-3-11-25-19)13-31(28,29)17-9-7-16(8-10-17)30-21(22,23)24/h6-16H,5,17H2,1-4H3;4-14H,16H2,1-3H3;3-13,15,23H,14H2,1-2H3;2-12H,13H2,1H3. The highest BCUT2D eigenvalue weighted by Crippen LogP contribution is 2.35. The number of aryl methyl sites for hydroxylation is 2. The lowest BCUT2D eigenvalue weighted by Crippen LogP contribution is -2.17. The molecule has 0 saturated carbocycles. The SMILES string of the molecule is CC(C)(C)c1ccc(S(=O)(=O)Cc2cc(C#N)nn2-c2cccc3ncccc23)cc1.CC(C)c1ccc(S(=O)(=O)Cc2cc(C(F)F)nn2-c2cccc3ncccc23)cc1.CCC(C)(C)c1ccc(S(=O)(=O)Cc2cc(C)nn2-c2cccc3ncccc23)cc1.Cc1cc(CS(=O)(=O)c2ccc(OC(F)(F)F)cc2)n(-c2cccc3ncccc23)n1. The lowest BCUT2D eigenvalue weighted by Gasteiger charge is -2.23. The zero-order valence-electron chi connectivity index (χ0n) is 69.1. The van der Waals surface area contributed by atoms with E-state index in [-0.39, 0.29) is 60.1 Å². The summed E-state index contributed by atoms with van der Waals surface area (Å²) in [4.78, 5) is 17.9. The van der Waals surface area contributed by atoms with Crippen LogP contribution in [0.25, 0.3) is 66.4 Å². The van der Waals surface area contributed by atoms with Crippen LogP contribution in [0.1, 0.15) is 136 Å². The number of pyridine rings is 4. The number of benzene rings is 8. The highest BCUT2D eigenvalue weighted by molar-refractivity contribution is 7.91. The van der Waals surface area contributed by atoms with Gasteiger partial charge in [0.25, 0.3) is 6.43 Å². The quantitative estimate of drug-likeness (QED) is 0.0604. The summed E-state index contributed by atoms with van der Waals surface area (Å²) < 4.78 is 179. The van der Waals surface area contributed by atoms with Crippen LogP contribution in [-0.4, -0.2) is 99.1 Å². The minimum Gasteiger partial charge on any atom is -0.406 e. The first-order valence-corrected chi connectivity index (χ1v) is 45.8. The van der Waals surface area contributed by atoms with Gasteiger partial charge in [0.1, 0.15) is 17.5 Å². The molecule has 22 nitrogen and oxygen atoms in total. The first-order valence-electron chi connectivity index (χ1n) is 39.2. The number of sulfone groups is 4. The molecule has 8 heterocycles. The van der Waals surface area contributed by atoms with Crippen molar-refractivity contribution >= 4 is 83.0 Å². The normalized spacial score (nSPS) is 12.2. The lowest BCUT2D eigenvalue weighted by molar-refractivity contribution is -0.274. The van der Waals surface area contributed by atoms with E-state index >= 15 is 0 Å². The number of alkyl halides is 5. The van der Waals surface area contributed by atoms with Gasteiger partial charge in [-0.2, -0.15) is 25.7 Å². The molecule has 0 fully saturated rings. The minimum atomic E-state index is -4.85. The van der Waals surface area contributed by atoms with Gasteiger partial charge in [-0.25, -0.2) is 61.2 Å². The summed E-state index contributed by atoms with van der Waals surface area (Å²) in [5.74, 6) is -1.45. The second-order valence-corrected chi connectivity index (χ2v) is 39.4. The summed E-state index contributed by atoms with van der Waals surface area (Å²) in [5.41, 5.74) is 11.6. The average molecular weight is 1750 g/mol. The molecule has 0 amide bonds. The van der Waals surface area contributed by atoms with Crippen LogP contribution in [0.15, 0.2) is 287 Å². The maximum Gasteiger partial charge on any atom is 0.573 e. The molecular weight excluding hydrogens is 1670 g/mol. The van der Waals surface area contributed by atoms with E-state index in [0.29, 0.717) is 55.6 Å². The molecule has 16 rings (SSSR count). The van der Waals surface area contributed by atoms with E-state index in [0.717, 1.165) is 97.5 Å². The van der Waals surface area contributed by atoms with Gasteiger partial charge in [-0.15, -0.1) is 13.2 Å². The number of nitriles is 1. The van der Waals surface area contributed by atoms with Crippen LogP contribution >= 0.6 is 0 Å². The van der Waals surface area contributed by atoms with Crippen molar-refractivity contribution in [3.05, 3.63) is 330 Å². The molecule has 0 aliphatic carbocycles. The molecule has 16 aromatic rings. The number of hydrogen-bond donors (Lipinski definition) is 0. The third kappa shape index (κ3) is 20.5. The monoisotopic (exact) mass is 1750 g/mol. The number of fused-ring (bicyclic) bond motifs is 4. The summed E-state index contributed by atoms with van der Waals surface area (Å²) in [7, 11) is -14.8. The van der Waals surface area contributed by atoms with Crippen molar-refractivity contribution in [2.24, 2.45) is 0 Å². The number of ether oxygens (including phenoxy) is 1. The molecule has 0 aliphatic heterocycles. The topological polar surface area (TPSA) is 292 Å². The van der Waals surface area contributed by atoms with Gasteiger partial charge in [-0.05, 0) is 236 Å². The number of hydrogen-bond acceptors (Lipinski definition) is 18. The largest absolute Gasteiger partial charge is 0.573 e. The maximum atomic E-state index is 13.4. The highest BCUT2D eigenvalue weighted by Gasteiger charge is 2.33. The molecule has 0 aliphatic rings. The molecule has 0 saturated heterocycles. The molecule has 636 valence electrons. The van der Waals surface area contributed by atoms with E-state index in [1.807, 2.05) is 136 Å². The molecule has 0 N–H and O–H groups in total.